The fourth-order valence-corrected chi connectivity index (χ4v) is 4.25. The van der Waals surface area contributed by atoms with E-state index in [0.717, 1.165) is 67.7 Å². The van der Waals surface area contributed by atoms with Gasteiger partial charge in [0.25, 0.3) is 5.91 Å². The summed E-state index contributed by atoms with van der Waals surface area (Å²) in [6.07, 6.45) is 5.37. The highest BCUT2D eigenvalue weighted by molar-refractivity contribution is 6.14. The third-order valence-corrected chi connectivity index (χ3v) is 5.74. The SMILES string of the molecule is Cc1cccc2c1N(CC(=O)N1CCCCCCC1)C(=O)[C@@H](N)N=C2CC(C)C. The van der Waals surface area contributed by atoms with Gasteiger partial charge in [0.2, 0.25) is 5.91 Å². The highest BCUT2D eigenvalue weighted by Gasteiger charge is 2.33. The van der Waals surface area contributed by atoms with Crippen LogP contribution in [0.5, 0.6) is 0 Å². The van der Waals surface area contributed by atoms with Gasteiger partial charge < -0.3 is 10.6 Å². The average molecular weight is 399 g/mol. The number of aryl methyl sites for hydroxylation is 1. The van der Waals surface area contributed by atoms with Gasteiger partial charge in [0, 0.05) is 24.4 Å². The number of rotatable bonds is 4. The zero-order valence-electron chi connectivity index (χ0n) is 18.0. The summed E-state index contributed by atoms with van der Waals surface area (Å²) in [5.74, 6) is 0.0762. The first kappa shape index (κ1) is 21.5. The summed E-state index contributed by atoms with van der Waals surface area (Å²) in [4.78, 5) is 34.3. The molecule has 2 N–H and O–H groups in total. The van der Waals surface area contributed by atoms with Crippen molar-refractivity contribution in [2.45, 2.75) is 65.5 Å². The van der Waals surface area contributed by atoms with Crippen LogP contribution in [0.1, 0.15) is 63.5 Å². The van der Waals surface area contributed by atoms with Crippen molar-refractivity contribution < 1.29 is 9.59 Å². The van der Waals surface area contributed by atoms with Crippen molar-refractivity contribution in [1.29, 1.82) is 0 Å². The Kier molecular flexibility index (Phi) is 7.06. The number of nitrogens with zero attached hydrogens (tertiary/aromatic N) is 3. The topological polar surface area (TPSA) is 79.0 Å². The number of carbonyl (C=O) groups is 2. The van der Waals surface area contributed by atoms with Crippen LogP contribution in [0.15, 0.2) is 23.2 Å². The molecular weight excluding hydrogens is 364 g/mol. The number of fused-ring (bicyclic) bond motifs is 1. The van der Waals surface area contributed by atoms with E-state index in [4.69, 9.17) is 5.73 Å². The summed E-state index contributed by atoms with van der Waals surface area (Å²) in [6, 6.07) is 5.94. The van der Waals surface area contributed by atoms with Gasteiger partial charge in [0.05, 0.1) is 5.69 Å². The van der Waals surface area contributed by atoms with Crippen LogP contribution in [0.4, 0.5) is 5.69 Å². The molecule has 2 amide bonds. The smallest absolute Gasteiger partial charge is 0.266 e. The normalized spacial score (nSPS) is 20.7. The van der Waals surface area contributed by atoms with Gasteiger partial charge in [-0.2, -0.15) is 0 Å². The van der Waals surface area contributed by atoms with E-state index in [1.165, 1.54) is 6.42 Å². The second-order valence-electron chi connectivity index (χ2n) is 8.66. The van der Waals surface area contributed by atoms with Crippen LogP contribution in [0.25, 0.3) is 0 Å². The second-order valence-corrected chi connectivity index (χ2v) is 8.66. The van der Waals surface area contributed by atoms with Crippen LogP contribution in [0.2, 0.25) is 0 Å². The second kappa shape index (κ2) is 9.53. The molecule has 158 valence electrons. The Morgan fingerprint density at radius 1 is 1.17 bits per heavy atom. The van der Waals surface area contributed by atoms with Gasteiger partial charge in [-0.25, -0.2) is 0 Å². The number of likely N-dealkylation sites (tertiary alicyclic amines) is 1. The summed E-state index contributed by atoms with van der Waals surface area (Å²) < 4.78 is 0. The van der Waals surface area contributed by atoms with Crippen molar-refractivity contribution in [3.63, 3.8) is 0 Å². The van der Waals surface area contributed by atoms with Gasteiger partial charge in [-0.05, 0) is 37.7 Å². The zero-order valence-corrected chi connectivity index (χ0v) is 18.0. The Morgan fingerprint density at radius 3 is 2.48 bits per heavy atom. The van der Waals surface area contributed by atoms with Crippen LogP contribution in [0.3, 0.4) is 0 Å². The molecule has 0 saturated carbocycles. The number of nitrogens with two attached hydrogens (primary N) is 1. The predicted octanol–water partition coefficient (Wildman–Crippen LogP) is 3.25. The standard InChI is InChI=1S/C23H34N4O2/c1-16(2)14-19-18-11-9-10-17(3)21(18)27(23(29)22(24)25-19)15-20(28)26-12-7-5-4-6-8-13-26/h9-11,16,22H,4-8,12-15,24H2,1-3H3/t22-/m0/s1. The lowest BCUT2D eigenvalue weighted by molar-refractivity contribution is -0.131. The van der Waals surface area contributed by atoms with Crippen LogP contribution in [-0.2, 0) is 9.59 Å². The summed E-state index contributed by atoms with van der Waals surface area (Å²) in [7, 11) is 0. The lowest BCUT2D eigenvalue weighted by atomic mass is 9.96. The molecule has 3 rings (SSSR count). The number of aliphatic imine (C=N–C) groups is 1. The Balaban J connectivity index is 1.93. The Bertz CT molecular complexity index is 779. The van der Waals surface area contributed by atoms with Crippen molar-refractivity contribution in [3.05, 3.63) is 29.3 Å². The monoisotopic (exact) mass is 398 g/mol. The molecule has 0 spiro atoms. The average Bonchev–Trinajstić information content (AvgIpc) is 2.72. The minimum atomic E-state index is -0.976. The quantitative estimate of drug-likeness (QED) is 0.845. The maximum Gasteiger partial charge on any atom is 0.266 e. The zero-order chi connectivity index (χ0) is 21.0. The van der Waals surface area contributed by atoms with E-state index < -0.39 is 6.17 Å². The third kappa shape index (κ3) is 5.04. The lowest BCUT2D eigenvalue weighted by Crippen LogP contribution is -2.48. The van der Waals surface area contributed by atoms with Crippen molar-refractivity contribution in [2.24, 2.45) is 16.6 Å². The highest BCUT2D eigenvalue weighted by atomic mass is 16.2. The van der Waals surface area contributed by atoms with Crippen molar-refractivity contribution in [1.82, 2.24) is 4.90 Å². The molecule has 0 unspecified atom stereocenters. The van der Waals surface area contributed by atoms with E-state index in [0.29, 0.717) is 5.92 Å². The fraction of sp³-hybridized carbons (Fsp3) is 0.609. The minimum absolute atomic E-state index is 0.00559. The van der Waals surface area contributed by atoms with Gasteiger partial charge in [-0.15, -0.1) is 0 Å². The number of benzodiazepines with no additional fused rings is 1. The fourth-order valence-electron chi connectivity index (χ4n) is 4.25. The maximum absolute atomic E-state index is 13.2. The van der Waals surface area contributed by atoms with E-state index in [1.807, 2.05) is 30.0 Å². The Labute approximate surface area is 174 Å². The molecule has 0 bridgehead atoms. The molecule has 2 heterocycles. The molecular formula is C23H34N4O2. The third-order valence-electron chi connectivity index (χ3n) is 5.74. The number of hydrogen-bond donors (Lipinski definition) is 1. The van der Waals surface area contributed by atoms with E-state index >= 15 is 0 Å². The number of carbonyl (C=O) groups excluding carboxylic acids is 2. The van der Waals surface area contributed by atoms with Gasteiger partial charge in [-0.1, -0.05) is 51.3 Å². The van der Waals surface area contributed by atoms with Crippen LogP contribution in [0, 0.1) is 12.8 Å². The predicted molar refractivity (Wildman–Crippen MR) is 117 cm³/mol. The number of benzene rings is 1. The first-order chi connectivity index (χ1) is 13.9. The molecule has 0 aliphatic carbocycles. The molecule has 2 aliphatic heterocycles. The van der Waals surface area contributed by atoms with Gasteiger partial charge in [0.1, 0.15) is 6.54 Å². The maximum atomic E-state index is 13.2. The van der Waals surface area contributed by atoms with Crippen molar-refractivity contribution >= 4 is 23.2 Å². The van der Waals surface area contributed by atoms with Gasteiger partial charge in [-0.3, -0.25) is 19.5 Å². The molecule has 1 fully saturated rings. The van der Waals surface area contributed by atoms with E-state index in [1.54, 1.807) is 4.90 Å². The van der Waals surface area contributed by atoms with Crippen molar-refractivity contribution in [2.75, 3.05) is 24.5 Å². The van der Waals surface area contributed by atoms with Gasteiger partial charge in [0.15, 0.2) is 6.17 Å². The molecule has 1 atom stereocenters. The highest BCUT2D eigenvalue weighted by Crippen LogP contribution is 2.31. The summed E-state index contributed by atoms with van der Waals surface area (Å²) >= 11 is 0. The molecule has 0 radical (unpaired) electrons. The first-order valence-electron chi connectivity index (χ1n) is 10.9. The number of amides is 2. The Hall–Kier alpha value is -2.21. The number of para-hydroxylation sites is 1. The lowest BCUT2D eigenvalue weighted by Gasteiger charge is -2.30. The summed E-state index contributed by atoms with van der Waals surface area (Å²) in [5, 5.41) is 0. The molecule has 6 heteroatoms. The van der Waals surface area contributed by atoms with E-state index in [2.05, 4.69) is 18.8 Å². The molecule has 6 nitrogen and oxygen atoms in total. The first-order valence-corrected chi connectivity index (χ1v) is 10.9. The van der Waals surface area contributed by atoms with E-state index in [9.17, 15) is 9.59 Å². The Morgan fingerprint density at radius 2 is 1.83 bits per heavy atom. The largest absolute Gasteiger partial charge is 0.341 e. The van der Waals surface area contributed by atoms with Crippen LogP contribution >= 0.6 is 0 Å². The van der Waals surface area contributed by atoms with E-state index in [-0.39, 0.29) is 18.4 Å². The minimum Gasteiger partial charge on any atom is -0.341 e. The molecule has 2 aliphatic rings. The van der Waals surface area contributed by atoms with Crippen LogP contribution < -0.4 is 10.6 Å². The molecule has 0 aromatic heterocycles. The van der Waals surface area contributed by atoms with Crippen molar-refractivity contribution in [3.8, 4) is 0 Å². The number of hydrogen-bond acceptors (Lipinski definition) is 4. The molecule has 29 heavy (non-hydrogen) atoms. The molecule has 1 aromatic carbocycles. The number of anilines is 1. The van der Waals surface area contributed by atoms with Gasteiger partial charge >= 0.3 is 0 Å². The summed E-state index contributed by atoms with van der Waals surface area (Å²) in [5.41, 5.74) is 9.67. The summed E-state index contributed by atoms with van der Waals surface area (Å²) in [6.45, 7) is 7.78. The molecule has 1 saturated heterocycles. The van der Waals surface area contributed by atoms with Crippen LogP contribution in [-0.4, -0.2) is 48.2 Å². The molecule has 1 aromatic rings.